The lowest BCUT2D eigenvalue weighted by atomic mass is 10.2. The van der Waals surface area contributed by atoms with Crippen LogP contribution in [0.5, 0.6) is 0 Å². The minimum atomic E-state index is -4.26. The summed E-state index contributed by atoms with van der Waals surface area (Å²) in [4.78, 5) is 21.4. The van der Waals surface area contributed by atoms with Gasteiger partial charge in [-0.15, -0.1) is 0 Å². The van der Waals surface area contributed by atoms with Gasteiger partial charge < -0.3 is 10.4 Å². The largest absolute Gasteiger partial charge is 0.478 e. The highest BCUT2D eigenvalue weighted by Crippen LogP contribution is 2.23. The zero-order chi connectivity index (χ0) is 18.8. The predicted octanol–water partition coefficient (Wildman–Crippen LogP) is 2.42. The minimum Gasteiger partial charge on any atom is -0.478 e. The van der Waals surface area contributed by atoms with E-state index in [0.717, 1.165) is 31.2 Å². The first-order valence-corrected chi connectivity index (χ1v) is 8.21. The van der Waals surface area contributed by atoms with Crippen LogP contribution in [0.2, 0.25) is 0 Å². The number of hydrogen-bond acceptors (Lipinski definition) is 4. The molecule has 1 amide bonds. The number of carboxylic acid groups (broad SMARTS) is 1. The van der Waals surface area contributed by atoms with Crippen LogP contribution in [-0.2, 0) is 14.8 Å². The van der Waals surface area contributed by atoms with Crippen molar-refractivity contribution >= 4 is 33.3 Å². The highest BCUT2D eigenvalue weighted by molar-refractivity contribution is 7.92. The van der Waals surface area contributed by atoms with Gasteiger partial charge in [-0.1, -0.05) is 0 Å². The maximum atomic E-state index is 13.6. The second-order valence-corrected chi connectivity index (χ2v) is 6.61. The smallest absolute Gasteiger partial charge is 0.338 e. The van der Waals surface area contributed by atoms with Crippen LogP contribution in [0.15, 0.2) is 41.3 Å². The molecule has 0 radical (unpaired) electrons. The fraction of sp³-hybridized carbons (Fsp3) is 0.0667. The van der Waals surface area contributed by atoms with Gasteiger partial charge in [0.25, 0.3) is 10.0 Å². The number of anilines is 2. The normalized spacial score (nSPS) is 11.0. The first-order valence-electron chi connectivity index (χ1n) is 6.73. The average molecular weight is 370 g/mol. The molecule has 0 saturated heterocycles. The molecule has 3 N–H and O–H groups in total. The van der Waals surface area contributed by atoms with Gasteiger partial charge in [0.15, 0.2) is 0 Å². The zero-order valence-corrected chi connectivity index (χ0v) is 13.5. The Morgan fingerprint density at radius 2 is 1.68 bits per heavy atom. The Kier molecular flexibility index (Phi) is 5.02. The highest BCUT2D eigenvalue weighted by atomic mass is 32.2. The summed E-state index contributed by atoms with van der Waals surface area (Å²) in [5, 5.41) is 11.1. The summed E-state index contributed by atoms with van der Waals surface area (Å²) in [6.07, 6.45) is 0. The molecule has 7 nitrogen and oxygen atoms in total. The van der Waals surface area contributed by atoms with E-state index in [2.05, 4.69) is 10.0 Å². The number of nitrogens with one attached hydrogen (secondary N) is 2. The van der Waals surface area contributed by atoms with E-state index in [1.807, 2.05) is 0 Å². The molecule has 2 aromatic carbocycles. The monoisotopic (exact) mass is 370 g/mol. The van der Waals surface area contributed by atoms with Crippen molar-refractivity contribution in [1.29, 1.82) is 0 Å². The standard InChI is InChI=1S/C15H12F2N2O5S/c1-8(20)18-14-6-9(2-4-13(14)17)19-25(23,24)10-3-5-12(16)11(7-10)15(21)22/h2-7,19H,1H3,(H,18,20)(H,21,22). The number of carbonyl (C=O) groups is 2. The number of carboxylic acids is 1. The maximum absolute atomic E-state index is 13.6. The van der Waals surface area contributed by atoms with Crippen LogP contribution in [0.1, 0.15) is 17.3 Å². The number of benzene rings is 2. The molecule has 10 heteroatoms. The Morgan fingerprint density at radius 3 is 2.28 bits per heavy atom. The van der Waals surface area contributed by atoms with Gasteiger partial charge in [-0.05, 0) is 36.4 Å². The van der Waals surface area contributed by atoms with Crippen molar-refractivity contribution in [3.63, 3.8) is 0 Å². The van der Waals surface area contributed by atoms with Crippen molar-refractivity contribution in [3.8, 4) is 0 Å². The molecule has 2 rings (SSSR count). The molecule has 25 heavy (non-hydrogen) atoms. The number of aromatic carboxylic acids is 1. The number of carbonyl (C=O) groups excluding carboxylic acids is 1. The van der Waals surface area contributed by atoms with Gasteiger partial charge in [-0.3, -0.25) is 9.52 Å². The molecule has 2 aromatic rings. The number of halogens is 2. The quantitative estimate of drug-likeness (QED) is 0.748. The van der Waals surface area contributed by atoms with Gasteiger partial charge in [-0.2, -0.15) is 0 Å². The molecule has 0 aliphatic carbocycles. The van der Waals surface area contributed by atoms with E-state index in [1.54, 1.807) is 0 Å². The van der Waals surface area contributed by atoms with E-state index in [1.165, 1.54) is 0 Å². The topological polar surface area (TPSA) is 113 Å². The molecule has 0 unspecified atom stereocenters. The first-order chi connectivity index (χ1) is 11.6. The van der Waals surface area contributed by atoms with Gasteiger partial charge in [0.2, 0.25) is 5.91 Å². The summed E-state index contributed by atoms with van der Waals surface area (Å²) in [5.41, 5.74) is -1.12. The number of hydrogen-bond donors (Lipinski definition) is 3. The van der Waals surface area contributed by atoms with Crippen LogP contribution in [-0.4, -0.2) is 25.4 Å². The third-order valence-electron chi connectivity index (χ3n) is 3.01. The molecular formula is C15H12F2N2O5S. The van der Waals surface area contributed by atoms with E-state index < -0.39 is 44.0 Å². The Labute approximate surface area is 141 Å². The molecule has 0 heterocycles. The Morgan fingerprint density at radius 1 is 1.04 bits per heavy atom. The molecule has 0 aromatic heterocycles. The second kappa shape index (κ2) is 6.85. The van der Waals surface area contributed by atoms with Gasteiger partial charge in [0.1, 0.15) is 11.6 Å². The van der Waals surface area contributed by atoms with Crippen molar-refractivity contribution in [3.05, 3.63) is 53.6 Å². The van der Waals surface area contributed by atoms with E-state index >= 15 is 0 Å². The summed E-state index contributed by atoms with van der Waals surface area (Å²) >= 11 is 0. The Hall–Kier alpha value is -3.01. The second-order valence-electron chi connectivity index (χ2n) is 4.93. The van der Waals surface area contributed by atoms with Crippen LogP contribution < -0.4 is 10.0 Å². The highest BCUT2D eigenvalue weighted by Gasteiger charge is 2.20. The molecule has 0 aliphatic rings. The van der Waals surface area contributed by atoms with E-state index in [9.17, 15) is 26.8 Å². The van der Waals surface area contributed by atoms with Crippen molar-refractivity contribution in [1.82, 2.24) is 0 Å². The van der Waals surface area contributed by atoms with Gasteiger partial charge in [0, 0.05) is 6.92 Å². The Bertz CT molecular complexity index is 960. The first kappa shape index (κ1) is 18.3. The molecule has 0 bridgehead atoms. The summed E-state index contributed by atoms with van der Waals surface area (Å²) in [5.74, 6) is -4.03. The van der Waals surface area contributed by atoms with Gasteiger partial charge in [-0.25, -0.2) is 22.0 Å². The lowest BCUT2D eigenvalue weighted by Gasteiger charge is -2.11. The van der Waals surface area contributed by atoms with Crippen molar-refractivity contribution < 1.29 is 31.9 Å². The zero-order valence-electron chi connectivity index (χ0n) is 12.7. The van der Waals surface area contributed by atoms with Gasteiger partial charge >= 0.3 is 5.97 Å². The molecule has 0 atom stereocenters. The molecule has 0 spiro atoms. The maximum Gasteiger partial charge on any atom is 0.338 e. The molecule has 0 aliphatic heterocycles. The fourth-order valence-electron chi connectivity index (χ4n) is 1.92. The van der Waals surface area contributed by atoms with Crippen molar-refractivity contribution in [2.45, 2.75) is 11.8 Å². The average Bonchev–Trinajstić information content (AvgIpc) is 2.49. The van der Waals surface area contributed by atoms with Crippen LogP contribution in [0, 0.1) is 11.6 Å². The van der Waals surface area contributed by atoms with Crippen LogP contribution in [0.4, 0.5) is 20.2 Å². The number of rotatable bonds is 5. The number of amides is 1. The summed E-state index contributed by atoms with van der Waals surface area (Å²) in [6.45, 7) is 1.15. The van der Waals surface area contributed by atoms with Crippen LogP contribution in [0.25, 0.3) is 0 Å². The SMILES string of the molecule is CC(=O)Nc1cc(NS(=O)(=O)c2ccc(F)c(C(=O)O)c2)ccc1F. The van der Waals surface area contributed by atoms with E-state index in [0.29, 0.717) is 12.1 Å². The molecular weight excluding hydrogens is 358 g/mol. The van der Waals surface area contributed by atoms with Crippen LogP contribution >= 0.6 is 0 Å². The summed E-state index contributed by atoms with van der Waals surface area (Å²) in [6, 6.07) is 5.37. The van der Waals surface area contributed by atoms with E-state index in [4.69, 9.17) is 5.11 Å². The molecule has 0 fully saturated rings. The molecule has 132 valence electrons. The van der Waals surface area contributed by atoms with Gasteiger partial charge in [0.05, 0.1) is 21.8 Å². The van der Waals surface area contributed by atoms with E-state index in [-0.39, 0.29) is 11.4 Å². The van der Waals surface area contributed by atoms with Crippen molar-refractivity contribution in [2.75, 3.05) is 10.0 Å². The lowest BCUT2D eigenvalue weighted by Crippen LogP contribution is -2.15. The third-order valence-corrected chi connectivity index (χ3v) is 4.39. The number of sulfonamides is 1. The Balaban J connectivity index is 2.38. The predicted molar refractivity (Wildman–Crippen MR) is 84.9 cm³/mol. The summed E-state index contributed by atoms with van der Waals surface area (Å²) in [7, 11) is -4.26. The molecule has 0 saturated carbocycles. The minimum absolute atomic E-state index is 0.0775. The van der Waals surface area contributed by atoms with Crippen LogP contribution in [0.3, 0.4) is 0 Å². The summed E-state index contributed by atoms with van der Waals surface area (Å²) < 4.78 is 53.6. The lowest BCUT2D eigenvalue weighted by molar-refractivity contribution is -0.114. The van der Waals surface area contributed by atoms with Crippen molar-refractivity contribution in [2.24, 2.45) is 0 Å². The third kappa shape index (κ3) is 4.29. The fourth-order valence-corrected chi connectivity index (χ4v) is 3.00.